The van der Waals surface area contributed by atoms with Gasteiger partial charge in [0, 0.05) is 4.91 Å². The number of rotatable bonds is 7. The van der Waals surface area contributed by atoms with Crippen LogP contribution < -0.4 is 0 Å². The summed E-state index contributed by atoms with van der Waals surface area (Å²) in [4.78, 5) is 27.2. The molecular weight excluding hydrogens is 290 g/mol. The Hall–Kier alpha value is -1.79. The third kappa shape index (κ3) is 4.35. The number of nitrogens with zero attached hydrogens (tertiary/aromatic N) is 3. The smallest absolute Gasteiger partial charge is 0.349 e. The van der Waals surface area contributed by atoms with Gasteiger partial charge in [0.25, 0.3) is 5.60 Å². The van der Waals surface area contributed by atoms with Crippen molar-refractivity contribution in [1.29, 1.82) is 0 Å². The maximum absolute atomic E-state index is 12.2. The van der Waals surface area contributed by atoms with Crippen LogP contribution in [-0.4, -0.2) is 42.9 Å². The number of hydrogen-bond acceptors (Lipinski definition) is 6. The van der Waals surface area contributed by atoms with Crippen LogP contribution in [0.2, 0.25) is 0 Å². The lowest BCUT2D eigenvalue weighted by molar-refractivity contribution is -0.197. The fourth-order valence-electron chi connectivity index (χ4n) is 2.43. The molecule has 1 saturated carbocycles. The molecule has 0 saturated heterocycles. The van der Waals surface area contributed by atoms with Crippen molar-refractivity contribution in [3.05, 3.63) is 10.4 Å². The molecular formula is C14H23N3O5. The molecule has 1 rings (SSSR count). The molecule has 0 radical (unpaired) electrons. The first kappa shape index (κ1) is 18.3. The summed E-state index contributed by atoms with van der Waals surface area (Å²) in [5.74, 6) is -1.59. The van der Waals surface area contributed by atoms with Gasteiger partial charge in [-0.15, -0.1) is 0 Å². The lowest BCUT2D eigenvalue weighted by Gasteiger charge is -2.35. The SMILES string of the molecule is CCOC(=O)C(C)(OC1CCCCC1N=[N+]=[N-])C(=O)OCC. The highest BCUT2D eigenvalue weighted by Crippen LogP contribution is 2.29. The Morgan fingerprint density at radius 1 is 1.18 bits per heavy atom. The van der Waals surface area contributed by atoms with Crippen molar-refractivity contribution in [1.82, 2.24) is 0 Å². The van der Waals surface area contributed by atoms with Gasteiger partial charge in [0.2, 0.25) is 0 Å². The van der Waals surface area contributed by atoms with Gasteiger partial charge < -0.3 is 14.2 Å². The number of carbonyl (C=O) groups is 2. The average molecular weight is 313 g/mol. The zero-order valence-electron chi connectivity index (χ0n) is 13.3. The molecule has 22 heavy (non-hydrogen) atoms. The second-order valence-electron chi connectivity index (χ2n) is 5.19. The Labute approximate surface area is 129 Å². The van der Waals surface area contributed by atoms with E-state index in [1.165, 1.54) is 6.92 Å². The molecule has 8 heteroatoms. The van der Waals surface area contributed by atoms with Crippen molar-refractivity contribution < 1.29 is 23.8 Å². The van der Waals surface area contributed by atoms with Crippen LogP contribution in [0.25, 0.3) is 10.4 Å². The van der Waals surface area contributed by atoms with Crippen molar-refractivity contribution in [2.45, 2.75) is 64.2 Å². The zero-order valence-corrected chi connectivity index (χ0v) is 13.3. The molecule has 0 N–H and O–H groups in total. The summed E-state index contributed by atoms with van der Waals surface area (Å²) in [7, 11) is 0. The minimum absolute atomic E-state index is 0.127. The zero-order chi connectivity index (χ0) is 16.6. The Morgan fingerprint density at radius 2 is 1.73 bits per heavy atom. The molecule has 0 spiro atoms. The minimum Gasteiger partial charge on any atom is -0.463 e. The summed E-state index contributed by atoms with van der Waals surface area (Å²) in [6, 6.07) is -0.401. The van der Waals surface area contributed by atoms with Crippen molar-refractivity contribution in [2.75, 3.05) is 13.2 Å². The third-order valence-corrected chi connectivity index (χ3v) is 3.58. The molecule has 124 valence electrons. The number of carbonyl (C=O) groups excluding carboxylic acids is 2. The molecule has 0 amide bonds. The van der Waals surface area contributed by atoms with Crippen LogP contribution in [0, 0.1) is 0 Å². The average Bonchev–Trinajstić information content (AvgIpc) is 2.49. The largest absolute Gasteiger partial charge is 0.463 e. The van der Waals surface area contributed by atoms with Crippen molar-refractivity contribution >= 4 is 11.9 Å². The molecule has 0 aliphatic heterocycles. The van der Waals surface area contributed by atoms with E-state index in [0.717, 1.165) is 12.8 Å². The number of esters is 2. The quantitative estimate of drug-likeness (QED) is 0.236. The Morgan fingerprint density at radius 3 is 2.23 bits per heavy atom. The van der Waals surface area contributed by atoms with Gasteiger partial charge in [0.1, 0.15) is 0 Å². The predicted octanol–water partition coefficient (Wildman–Crippen LogP) is 2.51. The molecule has 2 atom stereocenters. The van der Waals surface area contributed by atoms with E-state index < -0.39 is 29.7 Å². The summed E-state index contributed by atoms with van der Waals surface area (Å²) in [5.41, 5.74) is 6.79. The summed E-state index contributed by atoms with van der Waals surface area (Å²) < 4.78 is 15.6. The summed E-state index contributed by atoms with van der Waals surface area (Å²) in [6.07, 6.45) is 2.56. The van der Waals surface area contributed by atoms with Gasteiger partial charge >= 0.3 is 11.9 Å². The Kier molecular flexibility index (Phi) is 7.14. The summed E-state index contributed by atoms with van der Waals surface area (Å²) >= 11 is 0. The first-order valence-electron chi connectivity index (χ1n) is 7.56. The van der Waals surface area contributed by atoms with Crippen LogP contribution in [0.3, 0.4) is 0 Å². The van der Waals surface area contributed by atoms with Crippen LogP contribution in [0.15, 0.2) is 5.11 Å². The Bertz CT molecular complexity index is 430. The maximum Gasteiger partial charge on any atom is 0.349 e. The molecule has 0 aromatic heterocycles. The van der Waals surface area contributed by atoms with Crippen molar-refractivity contribution in [2.24, 2.45) is 5.11 Å². The van der Waals surface area contributed by atoms with E-state index in [-0.39, 0.29) is 13.2 Å². The fourth-order valence-corrected chi connectivity index (χ4v) is 2.43. The van der Waals surface area contributed by atoms with E-state index in [0.29, 0.717) is 12.8 Å². The molecule has 0 heterocycles. The molecule has 1 aliphatic carbocycles. The highest BCUT2D eigenvalue weighted by molar-refractivity contribution is 6.03. The lowest BCUT2D eigenvalue weighted by atomic mass is 9.92. The topological polar surface area (TPSA) is 111 Å². The highest BCUT2D eigenvalue weighted by atomic mass is 16.6. The van der Waals surface area contributed by atoms with Crippen molar-refractivity contribution in [3.63, 3.8) is 0 Å². The van der Waals surface area contributed by atoms with Gasteiger partial charge in [-0.2, -0.15) is 0 Å². The van der Waals surface area contributed by atoms with Crippen LogP contribution >= 0.6 is 0 Å². The van der Waals surface area contributed by atoms with E-state index >= 15 is 0 Å². The first-order chi connectivity index (χ1) is 10.5. The number of ether oxygens (including phenoxy) is 3. The molecule has 0 aromatic rings. The fraction of sp³-hybridized carbons (Fsp3) is 0.857. The van der Waals surface area contributed by atoms with Crippen molar-refractivity contribution in [3.8, 4) is 0 Å². The van der Waals surface area contributed by atoms with E-state index in [1.807, 2.05) is 0 Å². The van der Waals surface area contributed by atoms with E-state index in [1.54, 1.807) is 13.8 Å². The lowest BCUT2D eigenvalue weighted by Crippen LogP contribution is -2.52. The highest BCUT2D eigenvalue weighted by Gasteiger charge is 2.48. The van der Waals surface area contributed by atoms with E-state index in [4.69, 9.17) is 19.7 Å². The normalized spacial score (nSPS) is 21.6. The maximum atomic E-state index is 12.2. The third-order valence-electron chi connectivity index (χ3n) is 3.58. The van der Waals surface area contributed by atoms with Gasteiger partial charge in [-0.1, -0.05) is 18.0 Å². The summed E-state index contributed by atoms with van der Waals surface area (Å²) in [6.45, 7) is 4.88. The van der Waals surface area contributed by atoms with Crippen LogP contribution in [0.5, 0.6) is 0 Å². The predicted molar refractivity (Wildman–Crippen MR) is 77.9 cm³/mol. The van der Waals surface area contributed by atoms with Crippen LogP contribution in [0.1, 0.15) is 46.5 Å². The molecule has 1 aliphatic rings. The molecule has 0 bridgehead atoms. The van der Waals surface area contributed by atoms with Gasteiger partial charge in [-0.05, 0) is 39.1 Å². The number of azide groups is 1. The Balaban J connectivity index is 2.97. The second kappa shape index (κ2) is 8.60. The van der Waals surface area contributed by atoms with Gasteiger partial charge in [0.05, 0.1) is 25.4 Å². The monoisotopic (exact) mass is 313 g/mol. The van der Waals surface area contributed by atoms with Gasteiger partial charge in [-0.25, -0.2) is 9.59 Å². The second-order valence-corrected chi connectivity index (χ2v) is 5.19. The molecule has 2 unspecified atom stereocenters. The van der Waals surface area contributed by atoms with Gasteiger partial charge in [-0.3, -0.25) is 0 Å². The summed E-state index contributed by atoms with van der Waals surface area (Å²) in [5, 5.41) is 3.71. The van der Waals surface area contributed by atoms with Crippen LogP contribution in [0.4, 0.5) is 0 Å². The molecule has 1 fully saturated rings. The van der Waals surface area contributed by atoms with Gasteiger partial charge in [0.15, 0.2) is 0 Å². The molecule has 8 nitrogen and oxygen atoms in total. The first-order valence-corrected chi connectivity index (χ1v) is 7.56. The van der Waals surface area contributed by atoms with E-state index in [2.05, 4.69) is 10.0 Å². The number of hydrogen-bond donors (Lipinski definition) is 0. The molecule has 0 aromatic carbocycles. The van der Waals surface area contributed by atoms with Crippen LogP contribution in [-0.2, 0) is 23.8 Å². The van der Waals surface area contributed by atoms with E-state index in [9.17, 15) is 9.59 Å². The minimum atomic E-state index is -1.85. The standard InChI is InChI=1S/C14H23N3O5/c1-4-20-12(18)14(3,13(19)21-5-2)22-11-9-7-6-8-10(11)16-17-15/h10-11H,4-9H2,1-3H3.